The highest BCUT2D eigenvalue weighted by molar-refractivity contribution is 7.89. The maximum Gasteiger partial charge on any atom is 0.421 e. The molecule has 4 aromatic rings. The van der Waals surface area contributed by atoms with E-state index < -0.39 is 38.8 Å². The number of sulfonamides is 1. The fourth-order valence-corrected chi connectivity index (χ4v) is 5.69. The van der Waals surface area contributed by atoms with Crippen molar-refractivity contribution in [3.05, 3.63) is 99.8 Å². The van der Waals surface area contributed by atoms with Crippen LogP contribution in [0.1, 0.15) is 32.9 Å². The molecule has 232 valence electrons. The molecule has 3 aromatic carbocycles. The molecular formula is C29H27ClF3N5O5S. The number of amides is 2. The van der Waals surface area contributed by atoms with Gasteiger partial charge in [-0.05, 0) is 68.3 Å². The summed E-state index contributed by atoms with van der Waals surface area (Å²) >= 11 is 5.95. The molecule has 0 unspecified atom stereocenters. The van der Waals surface area contributed by atoms with E-state index in [1.807, 2.05) is 0 Å². The molecular weight excluding hydrogens is 623 g/mol. The van der Waals surface area contributed by atoms with Crippen LogP contribution in [0.2, 0.25) is 5.02 Å². The van der Waals surface area contributed by atoms with Gasteiger partial charge in [0.25, 0.3) is 15.9 Å². The number of carboxylic acid groups (broad SMARTS) is 1. The fraction of sp³-hybridized carbons (Fsp3) is 0.207. The summed E-state index contributed by atoms with van der Waals surface area (Å²) in [6.45, 7) is 3.14. The molecule has 2 amide bonds. The number of rotatable bonds is 9. The molecule has 0 radical (unpaired) electrons. The first kappa shape index (κ1) is 32.4. The first-order chi connectivity index (χ1) is 20.6. The van der Waals surface area contributed by atoms with Crippen molar-refractivity contribution in [1.29, 1.82) is 0 Å². The maximum atomic E-state index is 13.6. The molecule has 3 N–H and O–H groups in total. The quantitative estimate of drug-likeness (QED) is 0.186. The molecule has 0 fully saturated rings. The molecule has 15 heteroatoms. The highest BCUT2D eigenvalue weighted by atomic mass is 35.5. The molecule has 0 bridgehead atoms. The predicted molar refractivity (Wildman–Crippen MR) is 159 cm³/mol. The number of nitrogens with zero attached hydrogens (tertiary/aromatic N) is 3. The van der Waals surface area contributed by atoms with E-state index in [1.54, 1.807) is 57.3 Å². The lowest BCUT2D eigenvalue weighted by molar-refractivity contribution is -0.137. The lowest BCUT2D eigenvalue weighted by Gasteiger charge is -2.20. The van der Waals surface area contributed by atoms with Crippen LogP contribution in [0.25, 0.3) is 0 Å². The first-order valence-corrected chi connectivity index (χ1v) is 14.8. The van der Waals surface area contributed by atoms with E-state index >= 15 is 0 Å². The first-order valence-electron chi connectivity index (χ1n) is 13.0. The third kappa shape index (κ3) is 7.32. The van der Waals surface area contributed by atoms with E-state index in [1.165, 1.54) is 22.9 Å². The summed E-state index contributed by atoms with van der Waals surface area (Å²) in [5.74, 6) is -0.730. The molecule has 0 spiro atoms. The topological polar surface area (TPSA) is 134 Å². The number of anilines is 3. The van der Waals surface area contributed by atoms with E-state index in [0.29, 0.717) is 21.2 Å². The molecule has 0 aliphatic carbocycles. The minimum Gasteiger partial charge on any atom is -0.464 e. The summed E-state index contributed by atoms with van der Waals surface area (Å²) < 4.78 is 68.5. The molecule has 4 rings (SSSR count). The number of hydrogen-bond acceptors (Lipinski definition) is 6. The lowest BCUT2D eigenvalue weighted by atomic mass is 10.1. The largest absolute Gasteiger partial charge is 0.464 e. The number of halogens is 4. The SMILES string of the molecule is Cc1ccc(S(=O)(=O)N(CCc2ccc(Nc3cc(Cl)c(C(F)(F)F)cc3NC(=O)c3cc(C)n(C)n3)cc2)C(=O)O)cc1. The molecule has 0 aliphatic rings. The van der Waals surface area contributed by atoms with Gasteiger partial charge in [0.2, 0.25) is 0 Å². The summed E-state index contributed by atoms with van der Waals surface area (Å²) in [5.41, 5.74) is 1.20. The van der Waals surface area contributed by atoms with Crippen LogP contribution in [0.5, 0.6) is 0 Å². The third-order valence-electron chi connectivity index (χ3n) is 6.67. The second-order valence-electron chi connectivity index (χ2n) is 9.87. The molecule has 44 heavy (non-hydrogen) atoms. The summed E-state index contributed by atoms with van der Waals surface area (Å²) in [6, 6.07) is 15.4. The maximum absolute atomic E-state index is 13.6. The zero-order valence-electron chi connectivity index (χ0n) is 23.6. The van der Waals surface area contributed by atoms with Crippen LogP contribution >= 0.6 is 11.6 Å². The Morgan fingerprint density at radius 1 is 1.00 bits per heavy atom. The number of benzene rings is 3. The van der Waals surface area contributed by atoms with Crippen LogP contribution in [-0.2, 0) is 29.7 Å². The highest BCUT2D eigenvalue weighted by Crippen LogP contribution is 2.40. The number of hydrogen-bond donors (Lipinski definition) is 3. The van der Waals surface area contributed by atoms with Gasteiger partial charge in [-0.3, -0.25) is 9.48 Å². The molecule has 10 nitrogen and oxygen atoms in total. The minimum atomic E-state index is -4.78. The summed E-state index contributed by atoms with van der Waals surface area (Å²) in [7, 11) is -2.68. The van der Waals surface area contributed by atoms with E-state index in [2.05, 4.69) is 15.7 Å². The number of nitrogens with one attached hydrogen (secondary N) is 2. The van der Waals surface area contributed by atoms with Gasteiger partial charge in [-0.15, -0.1) is 0 Å². The van der Waals surface area contributed by atoms with Gasteiger partial charge in [0.05, 0.1) is 26.9 Å². The fourth-order valence-electron chi connectivity index (χ4n) is 4.15. The monoisotopic (exact) mass is 649 g/mol. The molecule has 1 heterocycles. The third-order valence-corrected chi connectivity index (χ3v) is 8.77. The van der Waals surface area contributed by atoms with Gasteiger partial charge in [-0.25, -0.2) is 17.5 Å². The number of carbonyl (C=O) groups excluding carboxylic acids is 1. The van der Waals surface area contributed by atoms with Gasteiger partial charge >= 0.3 is 12.3 Å². The molecule has 0 saturated carbocycles. The van der Waals surface area contributed by atoms with Crippen LogP contribution in [0.15, 0.2) is 71.6 Å². The number of alkyl halides is 3. The van der Waals surface area contributed by atoms with Gasteiger partial charge in [-0.1, -0.05) is 41.4 Å². The number of aromatic nitrogens is 2. The minimum absolute atomic E-state index is 0.00334. The Bertz CT molecular complexity index is 1790. The van der Waals surface area contributed by atoms with Gasteiger partial charge in [-0.2, -0.15) is 18.3 Å². The summed E-state index contributed by atoms with van der Waals surface area (Å²) in [6.07, 6.45) is -6.36. The summed E-state index contributed by atoms with van der Waals surface area (Å²) in [4.78, 5) is 24.5. The van der Waals surface area contributed by atoms with Crippen LogP contribution in [0, 0.1) is 13.8 Å². The van der Waals surface area contributed by atoms with E-state index in [9.17, 15) is 36.3 Å². The zero-order valence-corrected chi connectivity index (χ0v) is 25.2. The van der Waals surface area contributed by atoms with Crippen molar-refractivity contribution < 1.29 is 36.3 Å². The van der Waals surface area contributed by atoms with Crippen LogP contribution < -0.4 is 10.6 Å². The van der Waals surface area contributed by atoms with Crippen molar-refractivity contribution in [2.75, 3.05) is 17.2 Å². The van der Waals surface area contributed by atoms with E-state index in [-0.39, 0.29) is 34.9 Å². The normalized spacial score (nSPS) is 11.7. The van der Waals surface area contributed by atoms with Crippen molar-refractivity contribution in [2.24, 2.45) is 7.05 Å². The van der Waals surface area contributed by atoms with Crippen molar-refractivity contribution in [1.82, 2.24) is 14.1 Å². The van der Waals surface area contributed by atoms with Crippen LogP contribution in [0.3, 0.4) is 0 Å². The van der Waals surface area contributed by atoms with E-state index in [4.69, 9.17) is 11.6 Å². The number of carbonyl (C=O) groups is 2. The second-order valence-corrected chi connectivity index (χ2v) is 12.1. The van der Waals surface area contributed by atoms with Gasteiger partial charge in [0.15, 0.2) is 5.69 Å². The standard InChI is InChI=1S/C29H27ClF3N5O5S/c1-17-4-10-21(11-5-17)44(42,43)38(28(40)41)13-12-19-6-8-20(9-7-19)34-25-16-23(30)22(29(31,32)33)15-24(25)35-27(39)26-14-18(2)37(3)36-26/h4-11,14-16,34H,12-13H2,1-3H3,(H,35,39)(H,40,41). The van der Waals surface area contributed by atoms with E-state index in [0.717, 1.165) is 17.7 Å². The molecule has 0 atom stereocenters. The predicted octanol–water partition coefficient (Wildman–Crippen LogP) is 6.62. The smallest absolute Gasteiger partial charge is 0.421 e. The average molecular weight is 650 g/mol. The Hall–Kier alpha value is -4.56. The Balaban J connectivity index is 1.54. The lowest BCUT2D eigenvalue weighted by Crippen LogP contribution is -2.37. The zero-order chi connectivity index (χ0) is 32.4. The molecule has 0 saturated heterocycles. The number of aryl methyl sites for hydroxylation is 3. The second kappa shape index (κ2) is 12.6. The molecule has 0 aliphatic heterocycles. The van der Waals surface area contributed by atoms with Gasteiger partial charge < -0.3 is 15.7 Å². The average Bonchev–Trinajstić information content (AvgIpc) is 3.28. The van der Waals surface area contributed by atoms with Gasteiger partial charge in [0, 0.05) is 25.0 Å². The Labute approximate surface area is 256 Å². The van der Waals surface area contributed by atoms with Gasteiger partial charge in [0.1, 0.15) is 0 Å². The Kier molecular flexibility index (Phi) is 9.25. The van der Waals surface area contributed by atoms with Crippen LogP contribution in [0.4, 0.5) is 35.0 Å². The highest BCUT2D eigenvalue weighted by Gasteiger charge is 2.34. The molecule has 1 aromatic heterocycles. The summed E-state index contributed by atoms with van der Waals surface area (Å²) in [5, 5.41) is 18.5. The van der Waals surface area contributed by atoms with Crippen molar-refractivity contribution >= 4 is 50.7 Å². The van der Waals surface area contributed by atoms with Crippen molar-refractivity contribution in [2.45, 2.75) is 31.3 Å². The Morgan fingerprint density at radius 2 is 1.64 bits per heavy atom. The van der Waals surface area contributed by atoms with Crippen LogP contribution in [-0.4, -0.2) is 46.2 Å². The van der Waals surface area contributed by atoms with Crippen molar-refractivity contribution in [3.8, 4) is 0 Å². The Morgan fingerprint density at radius 3 is 2.18 bits per heavy atom. The van der Waals surface area contributed by atoms with Crippen molar-refractivity contribution in [3.63, 3.8) is 0 Å².